The van der Waals surface area contributed by atoms with Crippen LogP contribution in [0, 0.1) is 6.92 Å². The number of hydrogen-bond donors (Lipinski definition) is 1. The van der Waals surface area contributed by atoms with Gasteiger partial charge >= 0.3 is 0 Å². The van der Waals surface area contributed by atoms with Crippen molar-refractivity contribution in [3.63, 3.8) is 0 Å². The predicted octanol–water partition coefficient (Wildman–Crippen LogP) is 3.36. The lowest BCUT2D eigenvalue weighted by atomic mass is 10.0. The summed E-state index contributed by atoms with van der Waals surface area (Å²) in [4.78, 5) is 30.4. The van der Waals surface area contributed by atoms with Crippen molar-refractivity contribution in [1.29, 1.82) is 0 Å². The Morgan fingerprint density at radius 2 is 1.72 bits per heavy atom. The van der Waals surface area contributed by atoms with E-state index in [1.165, 1.54) is 0 Å². The first-order valence-corrected chi connectivity index (χ1v) is 10.9. The van der Waals surface area contributed by atoms with Gasteiger partial charge in [-0.05, 0) is 26.0 Å². The van der Waals surface area contributed by atoms with Crippen LogP contribution in [-0.2, 0) is 11.3 Å². The van der Waals surface area contributed by atoms with E-state index in [-0.39, 0.29) is 17.7 Å². The van der Waals surface area contributed by atoms with E-state index in [1.807, 2.05) is 50.2 Å². The third kappa shape index (κ3) is 5.12. The van der Waals surface area contributed by atoms with Crippen LogP contribution in [0.3, 0.4) is 0 Å². The van der Waals surface area contributed by atoms with E-state index in [9.17, 15) is 9.59 Å². The Morgan fingerprint density at radius 3 is 2.41 bits per heavy atom. The summed E-state index contributed by atoms with van der Waals surface area (Å²) in [6.07, 6.45) is 0. The monoisotopic (exact) mass is 432 g/mol. The highest BCUT2D eigenvalue weighted by Crippen LogP contribution is 2.20. The van der Waals surface area contributed by atoms with Crippen LogP contribution >= 0.6 is 0 Å². The number of ketones is 1. The molecule has 0 spiro atoms. The molecule has 1 amide bonds. The highest BCUT2D eigenvalue weighted by atomic mass is 16.5. The first-order chi connectivity index (χ1) is 15.5. The van der Waals surface area contributed by atoms with Crippen molar-refractivity contribution in [2.24, 2.45) is 0 Å². The minimum absolute atomic E-state index is 0.106. The molecule has 1 atom stereocenters. The number of aryl methyl sites for hydroxylation is 1. The van der Waals surface area contributed by atoms with Gasteiger partial charge in [-0.3, -0.25) is 19.4 Å². The lowest BCUT2D eigenvalue weighted by Gasteiger charge is -2.37. The fourth-order valence-corrected chi connectivity index (χ4v) is 3.97. The molecular weight excluding hydrogens is 404 g/mol. The predicted molar refractivity (Wildman–Crippen MR) is 122 cm³/mol. The summed E-state index contributed by atoms with van der Waals surface area (Å²) in [5.41, 5.74) is 2.56. The maximum Gasteiger partial charge on any atom is 0.241 e. The topological polar surface area (TPSA) is 78.7 Å². The van der Waals surface area contributed by atoms with Crippen LogP contribution in [0.5, 0.6) is 0 Å². The molecule has 1 aliphatic heterocycles. The molecule has 32 heavy (non-hydrogen) atoms. The summed E-state index contributed by atoms with van der Waals surface area (Å²) < 4.78 is 5.14. The summed E-state index contributed by atoms with van der Waals surface area (Å²) in [7, 11) is 0. The van der Waals surface area contributed by atoms with E-state index in [0.717, 1.165) is 44.2 Å². The van der Waals surface area contributed by atoms with Crippen molar-refractivity contribution >= 4 is 17.4 Å². The van der Waals surface area contributed by atoms with E-state index < -0.39 is 0 Å². The quantitative estimate of drug-likeness (QED) is 0.577. The van der Waals surface area contributed by atoms with Crippen LogP contribution in [0.1, 0.15) is 34.3 Å². The molecule has 7 heteroatoms. The molecule has 1 N–H and O–H groups in total. The van der Waals surface area contributed by atoms with Gasteiger partial charge in [-0.1, -0.05) is 47.6 Å². The number of benzene rings is 2. The van der Waals surface area contributed by atoms with Gasteiger partial charge in [-0.25, -0.2) is 0 Å². The average molecular weight is 433 g/mol. The van der Waals surface area contributed by atoms with Gasteiger partial charge in [0.15, 0.2) is 5.78 Å². The third-order valence-electron chi connectivity index (χ3n) is 5.86. The Labute approximate surface area is 188 Å². The standard InChI is InChI=1S/C25H28N4O3/c1-18-16-21(27-32-18)17-28-12-14-29(15-13-28)19(2)25(31)26-23-11-7-6-10-22(23)24(30)20-8-4-3-5-9-20/h3-11,16,19H,12-15,17H2,1-2H3,(H,26,31). The number of rotatable bonds is 7. The number of hydrogen-bond acceptors (Lipinski definition) is 6. The second-order valence-corrected chi connectivity index (χ2v) is 8.15. The van der Waals surface area contributed by atoms with Crippen LogP contribution in [0.15, 0.2) is 65.2 Å². The first kappa shape index (κ1) is 21.9. The highest BCUT2D eigenvalue weighted by Gasteiger charge is 2.27. The molecule has 1 unspecified atom stereocenters. The van der Waals surface area contributed by atoms with Crippen LogP contribution < -0.4 is 5.32 Å². The molecular formula is C25H28N4O3. The van der Waals surface area contributed by atoms with Crippen molar-refractivity contribution in [2.75, 3.05) is 31.5 Å². The van der Waals surface area contributed by atoms with Gasteiger partial charge in [-0.2, -0.15) is 0 Å². The maximum atomic E-state index is 13.0. The van der Waals surface area contributed by atoms with E-state index in [2.05, 4.69) is 20.3 Å². The number of nitrogens with one attached hydrogen (secondary N) is 1. The third-order valence-corrected chi connectivity index (χ3v) is 5.86. The molecule has 7 nitrogen and oxygen atoms in total. The van der Waals surface area contributed by atoms with E-state index in [4.69, 9.17) is 4.52 Å². The molecule has 1 aliphatic rings. The number of carbonyl (C=O) groups excluding carboxylic acids is 2. The molecule has 166 valence electrons. The van der Waals surface area contributed by atoms with Crippen molar-refractivity contribution in [3.8, 4) is 0 Å². The minimum Gasteiger partial charge on any atom is -0.361 e. The van der Waals surface area contributed by atoms with Crippen molar-refractivity contribution in [2.45, 2.75) is 26.4 Å². The molecule has 0 radical (unpaired) electrons. The smallest absolute Gasteiger partial charge is 0.241 e. The lowest BCUT2D eigenvalue weighted by Crippen LogP contribution is -2.52. The summed E-state index contributed by atoms with van der Waals surface area (Å²) in [5.74, 6) is 0.597. The van der Waals surface area contributed by atoms with Crippen LogP contribution in [0.4, 0.5) is 5.69 Å². The number of piperazine rings is 1. The molecule has 0 bridgehead atoms. The van der Waals surface area contributed by atoms with Crippen LogP contribution in [0.25, 0.3) is 0 Å². The molecule has 0 saturated carbocycles. The number of anilines is 1. The second kappa shape index (κ2) is 9.89. The number of para-hydroxylation sites is 1. The second-order valence-electron chi connectivity index (χ2n) is 8.15. The van der Waals surface area contributed by atoms with Crippen molar-refractivity contribution in [3.05, 3.63) is 83.2 Å². The Bertz CT molecular complexity index is 1070. The summed E-state index contributed by atoms with van der Waals surface area (Å²) in [5, 5.41) is 7.04. The van der Waals surface area contributed by atoms with E-state index in [0.29, 0.717) is 16.8 Å². The Kier molecular flexibility index (Phi) is 6.78. The van der Waals surface area contributed by atoms with E-state index >= 15 is 0 Å². The Morgan fingerprint density at radius 1 is 1.03 bits per heavy atom. The zero-order chi connectivity index (χ0) is 22.5. The van der Waals surface area contributed by atoms with Gasteiger partial charge in [-0.15, -0.1) is 0 Å². The highest BCUT2D eigenvalue weighted by molar-refractivity contribution is 6.14. The number of amides is 1. The SMILES string of the molecule is Cc1cc(CN2CCN(C(C)C(=O)Nc3ccccc3C(=O)c3ccccc3)CC2)no1. The average Bonchev–Trinajstić information content (AvgIpc) is 3.24. The minimum atomic E-state index is -0.300. The molecule has 0 aliphatic carbocycles. The number of nitrogens with zero attached hydrogens (tertiary/aromatic N) is 3. The largest absolute Gasteiger partial charge is 0.361 e. The summed E-state index contributed by atoms with van der Waals surface area (Å²) in [6.45, 7) is 7.83. The molecule has 3 aromatic rings. The van der Waals surface area contributed by atoms with Crippen LogP contribution in [-0.4, -0.2) is 58.9 Å². The molecule has 4 rings (SSSR count). The van der Waals surface area contributed by atoms with Crippen LogP contribution in [0.2, 0.25) is 0 Å². The van der Waals surface area contributed by atoms with Gasteiger partial charge < -0.3 is 9.84 Å². The zero-order valence-corrected chi connectivity index (χ0v) is 18.5. The molecule has 1 aromatic heterocycles. The van der Waals surface area contributed by atoms with E-state index in [1.54, 1.807) is 24.3 Å². The van der Waals surface area contributed by atoms with Gasteiger partial charge in [0.1, 0.15) is 5.76 Å². The van der Waals surface area contributed by atoms with Gasteiger partial charge in [0.2, 0.25) is 5.91 Å². The van der Waals surface area contributed by atoms with Gasteiger partial charge in [0.25, 0.3) is 0 Å². The van der Waals surface area contributed by atoms with Crippen molar-refractivity contribution in [1.82, 2.24) is 15.0 Å². The Balaban J connectivity index is 1.36. The number of carbonyl (C=O) groups is 2. The fourth-order valence-electron chi connectivity index (χ4n) is 3.97. The molecule has 2 aromatic carbocycles. The lowest BCUT2D eigenvalue weighted by molar-refractivity contribution is -0.121. The van der Waals surface area contributed by atoms with Crippen molar-refractivity contribution < 1.29 is 14.1 Å². The maximum absolute atomic E-state index is 13.0. The zero-order valence-electron chi connectivity index (χ0n) is 18.5. The van der Waals surface area contributed by atoms with Gasteiger partial charge in [0.05, 0.1) is 17.4 Å². The van der Waals surface area contributed by atoms with Gasteiger partial charge in [0, 0.05) is 49.9 Å². The molecule has 1 saturated heterocycles. The molecule has 1 fully saturated rings. The Hall–Kier alpha value is -3.29. The number of aromatic nitrogens is 1. The molecule has 2 heterocycles. The summed E-state index contributed by atoms with van der Waals surface area (Å²) >= 11 is 0. The normalized spacial score (nSPS) is 15.9. The summed E-state index contributed by atoms with van der Waals surface area (Å²) in [6, 6.07) is 17.9. The first-order valence-electron chi connectivity index (χ1n) is 10.9. The fraction of sp³-hybridized carbons (Fsp3) is 0.320.